The second-order valence-electron chi connectivity index (χ2n) is 9.91. The van der Waals surface area contributed by atoms with Gasteiger partial charge in [0.25, 0.3) is 0 Å². The van der Waals surface area contributed by atoms with Crippen LogP contribution in [0.3, 0.4) is 0 Å². The van der Waals surface area contributed by atoms with Gasteiger partial charge in [-0.15, -0.1) is 0 Å². The quantitative estimate of drug-likeness (QED) is 0.786. The highest BCUT2D eigenvalue weighted by molar-refractivity contribution is 6.01. The third-order valence-corrected chi connectivity index (χ3v) is 8.11. The van der Waals surface area contributed by atoms with E-state index >= 15 is 0 Å². The minimum atomic E-state index is -0.375. The van der Waals surface area contributed by atoms with Crippen molar-refractivity contribution in [1.82, 2.24) is 14.9 Å². The Morgan fingerprint density at radius 2 is 2.16 bits per heavy atom. The van der Waals surface area contributed by atoms with E-state index in [1.54, 1.807) is 23.5 Å². The molecule has 4 heterocycles. The van der Waals surface area contributed by atoms with E-state index in [1.165, 1.54) is 6.20 Å². The number of hydrogen-bond acceptors (Lipinski definition) is 7. The maximum absolute atomic E-state index is 13.7. The van der Waals surface area contributed by atoms with Crippen molar-refractivity contribution in [3.05, 3.63) is 42.1 Å². The number of likely N-dealkylation sites (tertiary alicyclic amines) is 1. The number of Topliss-reactive ketones (excluding diaryl/α,β-unsaturated/α-hetero) is 1. The van der Waals surface area contributed by atoms with Crippen molar-refractivity contribution in [2.24, 2.45) is 27.3 Å². The Morgan fingerprint density at radius 3 is 2.97 bits per heavy atom. The maximum atomic E-state index is 13.7. The van der Waals surface area contributed by atoms with Crippen LogP contribution in [0, 0.1) is 23.1 Å². The summed E-state index contributed by atoms with van der Waals surface area (Å²) in [6.07, 6.45) is 13.4. The number of fused-ring (bicyclic) bond motifs is 1. The molecule has 168 valence electrons. The molecule has 1 N–H and O–H groups in total. The normalized spacial score (nSPS) is 37.7. The summed E-state index contributed by atoms with van der Waals surface area (Å²) in [7, 11) is 0. The number of aromatic nitrogens is 1. The molecule has 1 aromatic heterocycles. The third-order valence-electron chi connectivity index (χ3n) is 8.11. The van der Waals surface area contributed by atoms with Gasteiger partial charge in [-0.25, -0.2) is 14.4 Å². The molecule has 1 spiro atoms. The van der Waals surface area contributed by atoms with E-state index in [-0.39, 0.29) is 47.0 Å². The third kappa shape index (κ3) is 3.18. The Hall–Kier alpha value is -2.61. The minimum Gasteiger partial charge on any atom is -0.393 e. The molecule has 2 saturated carbocycles. The number of carbonyl (C=O) groups is 1. The molecule has 3 aliphatic heterocycles. The molecule has 0 radical (unpaired) electrons. The zero-order valence-corrected chi connectivity index (χ0v) is 18.0. The Labute approximate surface area is 186 Å². The van der Waals surface area contributed by atoms with Gasteiger partial charge in [-0.3, -0.25) is 9.78 Å². The molecule has 0 amide bonds. The number of carbonyl (C=O) groups excluding carboxylic acids is 1. The van der Waals surface area contributed by atoms with Crippen molar-refractivity contribution in [1.29, 1.82) is 0 Å². The molecule has 6 atom stereocenters. The molecule has 5 aliphatic rings. The zero-order chi connectivity index (χ0) is 21.9. The largest absolute Gasteiger partial charge is 0.393 e. The van der Waals surface area contributed by atoms with Gasteiger partial charge in [0.05, 0.1) is 18.2 Å². The van der Waals surface area contributed by atoms with Gasteiger partial charge in [0.2, 0.25) is 0 Å². The molecule has 3 fully saturated rings. The SMILES string of the molecule is O=C(C1C=NN2C=CC(N3CCC[C@H](c4cncc(F)c4)C3)=NC12)C1CC12CCC[C@H]2O. The molecule has 6 rings (SSSR count). The molecule has 0 bridgehead atoms. The van der Waals surface area contributed by atoms with E-state index in [0.29, 0.717) is 0 Å². The van der Waals surface area contributed by atoms with Gasteiger partial charge in [-0.1, -0.05) is 6.42 Å². The number of halogens is 1. The number of ketones is 1. The second kappa shape index (κ2) is 7.47. The number of hydrazone groups is 1. The fourth-order valence-electron chi connectivity index (χ4n) is 6.22. The number of rotatable bonds is 3. The van der Waals surface area contributed by atoms with E-state index in [0.717, 1.165) is 63.0 Å². The van der Waals surface area contributed by atoms with E-state index in [2.05, 4.69) is 15.0 Å². The number of aliphatic imine (C=N–C) groups is 1. The van der Waals surface area contributed by atoms with Crippen LogP contribution in [0.15, 0.2) is 40.8 Å². The van der Waals surface area contributed by atoms with Crippen LogP contribution in [-0.2, 0) is 4.79 Å². The summed E-state index contributed by atoms with van der Waals surface area (Å²) in [5.41, 5.74) is 0.734. The summed E-state index contributed by atoms with van der Waals surface area (Å²) < 4.78 is 13.7. The first-order chi connectivity index (χ1) is 15.5. The van der Waals surface area contributed by atoms with E-state index in [1.807, 2.05) is 12.3 Å². The number of nitrogens with zero attached hydrogens (tertiary/aromatic N) is 5. The van der Waals surface area contributed by atoms with Crippen LogP contribution < -0.4 is 0 Å². The highest BCUT2D eigenvalue weighted by atomic mass is 19.1. The predicted octanol–water partition coefficient (Wildman–Crippen LogP) is 2.69. The number of aliphatic hydroxyl groups excluding tert-OH is 1. The molecule has 4 unspecified atom stereocenters. The number of aliphatic hydroxyl groups is 1. The zero-order valence-electron chi connectivity index (χ0n) is 18.0. The molecule has 1 aromatic rings. The molecule has 8 heteroatoms. The van der Waals surface area contributed by atoms with Crippen LogP contribution in [-0.4, -0.2) is 63.2 Å². The summed E-state index contributed by atoms with van der Waals surface area (Å²) in [5.74, 6) is 0.479. The lowest BCUT2D eigenvalue weighted by atomic mass is 9.90. The number of pyridine rings is 1. The van der Waals surface area contributed by atoms with Gasteiger partial charge < -0.3 is 10.0 Å². The Kier molecular flexibility index (Phi) is 4.68. The van der Waals surface area contributed by atoms with Crippen LogP contribution in [0.4, 0.5) is 4.39 Å². The first kappa shape index (κ1) is 20.0. The van der Waals surface area contributed by atoms with Crippen LogP contribution in [0.1, 0.15) is 50.0 Å². The molecular weight excluding hydrogens is 409 g/mol. The van der Waals surface area contributed by atoms with Gasteiger partial charge in [-0.2, -0.15) is 5.10 Å². The van der Waals surface area contributed by atoms with E-state index < -0.39 is 0 Å². The van der Waals surface area contributed by atoms with E-state index in [9.17, 15) is 14.3 Å². The molecule has 2 aliphatic carbocycles. The smallest absolute Gasteiger partial charge is 0.158 e. The maximum Gasteiger partial charge on any atom is 0.158 e. The van der Waals surface area contributed by atoms with Crippen LogP contribution in [0.2, 0.25) is 0 Å². The van der Waals surface area contributed by atoms with Crippen molar-refractivity contribution >= 4 is 17.8 Å². The predicted molar refractivity (Wildman–Crippen MR) is 117 cm³/mol. The topological polar surface area (TPSA) is 81.4 Å². The van der Waals surface area contributed by atoms with Crippen molar-refractivity contribution in [3.8, 4) is 0 Å². The lowest BCUT2D eigenvalue weighted by Gasteiger charge is -2.36. The number of hydrogen-bond donors (Lipinski definition) is 1. The lowest BCUT2D eigenvalue weighted by molar-refractivity contribution is -0.124. The fourth-order valence-corrected chi connectivity index (χ4v) is 6.22. The van der Waals surface area contributed by atoms with Crippen LogP contribution >= 0.6 is 0 Å². The van der Waals surface area contributed by atoms with Crippen LogP contribution in [0.25, 0.3) is 0 Å². The summed E-state index contributed by atoms with van der Waals surface area (Å²) in [4.78, 5) is 24.5. The van der Waals surface area contributed by atoms with Gasteiger partial charge in [0, 0.05) is 49.0 Å². The van der Waals surface area contributed by atoms with Gasteiger partial charge >= 0.3 is 0 Å². The molecular formula is C24H28FN5O2. The Bertz CT molecular complexity index is 1030. The summed E-state index contributed by atoms with van der Waals surface area (Å²) in [6.45, 7) is 1.63. The highest BCUT2D eigenvalue weighted by Crippen LogP contribution is 2.63. The fraction of sp³-hybridized carbons (Fsp3) is 0.583. The average molecular weight is 438 g/mol. The lowest BCUT2D eigenvalue weighted by Crippen LogP contribution is -2.43. The summed E-state index contributed by atoms with van der Waals surface area (Å²) in [6, 6.07) is 1.57. The Balaban J connectivity index is 1.18. The average Bonchev–Trinajstić information content (AvgIpc) is 3.21. The number of piperidine rings is 1. The van der Waals surface area contributed by atoms with Crippen molar-refractivity contribution < 1.29 is 14.3 Å². The first-order valence-corrected chi connectivity index (χ1v) is 11.7. The summed E-state index contributed by atoms with van der Waals surface area (Å²) in [5, 5.41) is 16.6. The number of amidine groups is 1. The molecule has 1 saturated heterocycles. The van der Waals surface area contributed by atoms with Gasteiger partial charge in [0.15, 0.2) is 6.17 Å². The monoisotopic (exact) mass is 437 g/mol. The minimum absolute atomic E-state index is 0.0687. The Morgan fingerprint density at radius 1 is 1.25 bits per heavy atom. The van der Waals surface area contributed by atoms with Crippen LogP contribution in [0.5, 0.6) is 0 Å². The molecule has 7 nitrogen and oxygen atoms in total. The van der Waals surface area contributed by atoms with Gasteiger partial charge in [-0.05, 0) is 49.8 Å². The van der Waals surface area contributed by atoms with Crippen molar-refractivity contribution in [3.63, 3.8) is 0 Å². The second-order valence-corrected chi connectivity index (χ2v) is 9.91. The van der Waals surface area contributed by atoms with Gasteiger partial charge in [0.1, 0.15) is 17.4 Å². The van der Waals surface area contributed by atoms with E-state index in [4.69, 9.17) is 4.99 Å². The molecule has 0 aromatic carbocycles. The van der Waals surface area contributed by atoms with Crippen molar-refractivity contribution in [2.45, 2.75) is 56.7 Å². The summed E-state index contributed by atoms with van der Waals surface area (Å²) >= 11 is 0. The first-order valence-electron chi connectivity index (χ1n) is 11.7. The standard InChI is InChI=1S/C24H28FN5O2/c25-17-9-16(11-26-12-17)15-3-2-7-29(14-15)21-5-8-30-23(28-21)18(13-27-30)22(32)19-10-24(19)6-1-4-20(24)31/h5,8-9,11-13,15,18-20,23,31H,1-4,6-7,10,14H2/t15-,18?,19?,20+,23?,24?/m0/s1. The highest BCUT2D eigenvalue weighted by Gasteiger charge is 2.64. The van der Waals surface area contributed by atoms with Crippen molar-refractivity contribution in [2.75, 3.05) is 13.1 Å². The molecule has 32 heavy (non-hydrogen) atoms.